The lowest BCUT2D eigenvalue weighted by Gasteiger charge is -2.31. The van der Waals surface area contributed by atoms with E-state index in [1.807, 2.05) is 30.0 Å². The Balaban J connectivity index is 1.49. The number of nitrogen functional groups attached to an aromatic ring is 1. The van der Waals surface area contributed by atoms with Gasteiger partial charge in [-0.25, -0.2) is 9.37 Å². The second-order valence-electron chi connectivity index (χ2n) is 10.6. The number of phenols is 1. The van der Waals surface area contributed by atoms with Gasteiger partial charge in [0.25, 0.3) is 5.88 Å². The summed E-state index contributed by atoms with van der Waals surface area (Å²) < 4.78 is 47.3. The highest BCUT2D eigenvalue weighted by Gasteiger charge is 2.37. The number of halogens is 2. The van der Waals surface area contributed by atoms with Crippen LogP contribution in [-0.4, -0.2) is 72.5 Å². The summed E-state index contributed by atoms with van der Waals surface area (Å²) in [6, 6.07) is 8.97. The molecule has 2 unspecified atom stereocenters. The first-order chi connectivity index (χ1) is 21.1. The van der Waals surface area contributed by atoms with Gasteiger partial charge in [0.15, 0.2) is 17.3 Å². The summed E-state index contributed by atoms with van der Waals surface area (Å²) in [6.07, 6.45) is 3.19. The number of aromatic nitrogens is 1. The molecule has 0 spiro atoms. The average Bonchev–Trinajstić information content (AvgIpc) is 3.67. The Hall–Kier alpha value is -4.94. The van der Waals surface area contributed by atoms with Crippen LogP contribution in [0.15, 0.2) is 47.6 Å². The molecule has 4 N–H and O–H groups in total. The van der Waals surface area contributed by atoms with Crippen LogP contribution >= 0.6 is 0 Å². The van der Waals surface area contributed by atoms with Crippen LogP contribution in [0, 0.1) is 23.0 Å². The van der Waals surface area contributed by atoms with E-state index < -0.39 is 23.3 Å². The molecule has 1 aliphatic carbocycles. The van der Waals surface area contributed by atoms with Crippen LogP contribution in [0.25, 0.3) is 0 Å². The number of hydrogen-bond donors (Lipinski definition) is 3. The normalized spacial score (nSPS) is 17.8. The standard InChI is InChI=1S/C31H34F2N6O5/c1-4-42-31(41)19-6-5-7-22(19)39(3)18-9-11-24(20(15-18)29-36-12-13-38(29)2)43-27-21(32)16-37-30(26(27)33)44-25-14-17(28(34)35)8-10-23(25)40/h8-11,14-16,19,22,40H,4-7,12-13H2,1-3H3,(H3,34,35). The second-order valence-corrected chi connectivity index (χ2v) is 10.6. The van der Waals surface area contributed by atoms with Gasteiger partial charge in [-0.3, -0.25) is 15.2 Å². The van der Waals surface area contributed by atoms with Crippen molar-refractivity contribution in [1.29, 1.82) is 5.41 Å². The zero-order valence-corrected chi connectivity index (χ0v) is 24.6. The zero-order valence-electron chi connectivity index (χ0n) is 24.6. The number of rotatable bonds is 10. The molecule has 2 aromatic carbocycles. The highest BCUT2D eigenvalue weighted by molar-refractivity contribution is 6.03. The Kier molecular flexibility index (Phi) is 8.83. The topological polar surface area (TPSA) is 147 Å². The predicted octanol–water partition coefficient (Wildman–Crippen LogP) is 4.79. The minimum atomic E-state index is -1.24. The first kappa shape index (κ1) is 30.5. The third kappa shape index (κ3) is 6.08. The monoisotopic (exact) mass is 608 g/mol. The molecule has 1 aliphatic heterocycles. The number of likely N-dealkylation sites (N-methyl/N-ethyl adjacent to an activating group) is 1. The number of nitrogens with one attached hydrogen (secondary N) is 1. The van der Waals surface area contributed by atoms with Crippen molar-refractivity contribution in [3.05, 3.63) is 65.4 Å². The van der Waals surface area contributed by atoms with E-state index in [2.05, 4.69) is 9.98 Å². The van der Waals surface area contributed by atoms with Crippen molar-refractivity contribution in [2.75, 3.05) is 38.7 Å². The molecule has 13 heteroatoms. The van der Waals surface area contributed by atoms with E-state index in [4.69, 9.17) is 25.4 Å². The van der Waals surface area contributed by atoms with Gasteiger partial charge in [-0.15, -0.1) is 0 Å². The number of aliphatic imine (C=N–C) groups is 1. The van der Waals surface area contributed by atoms with Crippen LogP contribution < -0.4 is 20.1 Å². The molecular weight excluding hydrogens is 574 g/mol. The summed E-state index contributed by atoms with van der Waals surface area (Å²) >= 11 is 0. The van der Waals surface area contributed by atoms with Crippen molar-refractivity contribution in [3.63, 3.8) is 0 Å². The van der Waals surface area contributed by atoms with E-state index in [9.17, 15) is 9.90 Å². The van der Waals surface area contributed by atoms with Gasteiger partial charge in [0.1, 0.15) is 17.4 Å². The van der Waals surface area contributed by atoms with Crippen LogP contribution in [0.3, 0.4) is 0 Å². The number of carbonyl (C=O) groups is 1. The smallest absolute Gasteiger partial charge is 0.311 e. The number of ether oxygens (including phenoxy) is 3. The van der Waals surface area contributed by atoms with Gasteiger partial charge >= 0.3 is 5.97 Å². The summed E-state index contributed by atoms with van der Waals surface area (Å²) in [7, 11) is 3.77. The van der Waals surface area contributed by atoms with Crippen LogP contribution in [0.2, 0.25) is 0 Å². The molecule has 0 radical (unpaired) electrons. The first-order valence-electron chi connectivity index (χ1n) is 14.3. The maximum absolute atomic E-state index is 15.7. The quantitative estimate of drug-likeness (QED) is 0.168. The molecule has 1 saturated carbocycles. The van der Waals surface area contributed by atoms with Gasteiger partial charge in [-0.1, -0.05) is 6.42 Å². The van der Waals surface area contributed by atoms with Crippen LogP contribution in [0.4, 0.5) is 14.5 Å². The summed E-state index contributed by atoms with van der Waals surface area (Å²) in [5.74, 6) is -4.38. The fourth-order valence-corrected chi connectivity index (χ4v) is 5.52. The molecule has 0 saturated heterocycles. The molecule has 1 aromatic heterocycles. The number of esters is 1. The highest BCUT2D eigenvalue weighted by Crippen LogP contribution is 2.40. The number of aromatic hydroxyl groups is 1. The molecule has 3 aromatic rings. The van der Waals surface area contributed by atoms with Crippen molar-refractivity contribution < 1.29 is 32.9 Å². The third-order valence-electron chi connectivity index (χ3n) is 7.82. The molecule has 1 fully saturated rings. The van der Waals surface area contributed by atoms with Gasteiger partial charge in [-0.2, -0.15) is 4.39 Å². The molecule has 0 amide bonds. The van der Waals surface area contributed by atoms with Crippen molar-refractivity contribution in [2.24, 2.45) is 16.6 Å². The highest BCUT2D eigenvalue weighted by atomic mass is 19.1. The molecule has 5 rings (SSSR count). The maximum Gasteiger partial charge on any atom is 0.311 e. The number of anilines is 1. The number of amidine groups is 2. The number of nitrogens with two attached hydrogens (primary N) is 1. The lowest BCUT2D eigenvalue weighted by molar-refractivity contribution is -0.148. The van der Waals surface area contributed by atoms with Crippen molar-refractivity contribution in [2.45, 2.75) is 32.2 Å². The van der Waals surface area contributed by atoms with Gasteiger partial charge in [0.2, 0.25) is 11.6 Å². The summed E-state index contributed by atoms with van der Waals surface area (Å²) in [5.41, 5.74) is 7.01. The number of benzene rings is 2. The van der Waals surface area contributed by atoms with Crippen LogP contribution in [0.5, 0.6) is 28.9 Å². The first-order valence-corrected chi connectivity index (χ1v) is 14.3. The number of nitrogens with zero attached hydrogens (tertiary/aromatic N) is 4. The summed E-state index contributed by atoms with van der Waals surface area (Å²) in [6.45, 7) is 3.29. The average molecular weight is 609 g/mol. The Labute approximate surface area is 253 Å². The number of carbonyl (C=O) groups excluding carboxylic acids is 1. The molecule has 2 aliphatic rings. The molecule has 232 valence electrons. The Morgan fingerprint density at radius 2 is 1.98 bits per heavy atom. The van der Waals surface area contributed by atoms with E-state index in [1.165, 1.54) is 18.2 Å². The van der Waals surface area contributed by atoms with E-state index in [0.29, 0.717) is 31.1 Å². The minimum Gasteiger partial charge on any atom is -0.504 e. The summed E-state index contributed by atoms with van der Waals surface area (Å²) in [5, 5.41) is 17.8. The molecule has 11 nitrogen and oxygen atoms in total. The van der Waals surface area contributed by atoms with Crippen molar-refractivity contribution in [1.82, 2.24) is 9.88 Å². The predicted molar refractivity (Wildman–Crippen MR) is 160 cm³/mol. The fraction of sp³-hybridized carbons (Fsp3) is 0.355. The molecule has 2 atom stereocenters. The van der Waals surface area contributed by atoms with Gasteiger partial charge in [0, 0.05) is 37.9 Å². The fourth-order valence-electron chi connectivity index (χ4n) is 5.52. The van der Waals surface area contributed by atoms with Gasteiger partial charge in [-0.05, 0) is 56.2 Å². The van der Waals surface area contributed by atoms with Crippen LogP contribution in [-0.2, 0) is 9.53 Å². The Morgan fingerprint density at radius 1 is 1.18 bits per heavy atom. The lowest BCUT2D eigenvalue weighted by atomic mass is 10.0. The van der Waals surface area contributed by atoms with E-state index in [1.54, 1.807) is 19.1 Å². The molecule has 0 bridgehead atoms. The molecule has 2 heterocycles. The van der Waals surface area contributed by atoms with Gasteiger partial charge in [0.05, 0.1) is 30.8 Å². The number of hydrogen-bond acceptors (Lipinski definition) is 10. The number of pyridine rings is 1. The Bertz CT molecular complexity index is 1620. The minimum absolute atomic E-state index is 0.0790. The SMILES string of the molecule is CCOC(=O)C1CCCC1N(C)c1ccc(Oc2c(F)cnc(Oc3cc(C(=N)N)ccc3O)c2F)c(C2=NCCN2C)c1. The van der Waals surface area contributed by atoms with Crippen molar-refractivity contribution >= 4 is 23.3 Å². The largest absolute Gasteiger partial charge is 0.504 e. The van der Waals surface area contributed by atoms with E-state index in [0.717, 1.165) is 31.1 Å². The van der Waals surface area contributed by atoms with E-state index in [-0.39, 0.29) is 46.6 Å². The van der Waals surface area contributed by atoms with Crippen molar-refractivity contribution in [3.8, 4) is 28.9 Å². The molecular formula is C31H34F2N6O5. The Morgan fingerprint density at radius 3 is 2.68 bits per heavy atom. The molecule has 44 heavy (non-hydrogen) atoms. The lowest BCUT2D eigenvalue weighted by Crippen LogP contribution is -2.39. The second kappa shape index (κ2) is 12.7. The zero-order chi connectivity index (χ0) is 31.5. The van der Waals surface area contributed by atoms with E-state index >= 15 is 8.78 Å². The van der Waals surface area contributed by atoms with Crippen LogP contribution in [0.1, 0.15) is 37.3 Å². The maximum atomic E-state index is 15.7. The third-order valence-corrected chi connectivity index (χ3v) is 7.82. The van der Waals surface area contributed by atoms with Gasteiger partial charge < -0.3 is 34.9 Å². The number of phenolic OH excluding ortho intramolecular Hbond substituents is 1. The summed E-state index contributed by atoms with van der Waals surface area (Å²) in [4.78, 5) is 24.9.